The van der Waals surface area contributed by atoms with E-state index in [1.165, 1.54) is 0 Å². The minimum atomic E-state index is -1.28. The highest BCUT2D eigenvalue weighted by Gasteiger charge is 2.38. The molecule has 1 aliphatic heterocycles. The summed E-state index contributed by atoms with van der Waals surface area (Å²) in [5.41, 5.74) is 6.11. The Morgan fingerprint density at radius 2 is 2.00 bits per heavy atom. The Kier molecular flexibility index (Phi) is 6.81. The molecule has 1 unspecified atom stereocenters. The van der Waals surface area contributed by atoms with E-state index in [0.29, 0.717) is 41.4 Å². The number of hydrogen-bond acceptors (Lipinski definition) is 8. The van der Waals surface area contributed by atoms with Crippen molar-refractivity contribution in [2.24, 2.45) is 5.73 Å². The van der Waals surface area contributed by atoms with Crippen LogP contribution in [0, 0.1) is 22.7 Å². The number of aromatic nitrogens is 1. The minimum Gasteiger partial charge on any atom is -0.393 e. The van der Waals surface area contributed by atoms with Gasteiger partial charge < -0.3 is 20.8 Å². The van der Waals surface area contributed by atoms with E-state index >= 15 is 0 Å². The van der Waals surface area contributed by atoms with Gasteiger partial charge in [0.2, 0.25) is 5.91 Å². The zero-order chi connectivity index (χ0) is 22.6. The number of β-amino-alcohol motifs (C(OH)–C–C–N with tert-alkyl or cyclic N) is 1. The number of primary amides is 1. The number of hydrogen-bond donors (Lipinski definition) is 3. The zero-order valence-electron chi connectivity index (χ0n) is 17.1. The van der Waals surface area contributed by atoms with Crippen molar-refractivity contribution in [3.8, 4) is 12.1 Å². The van der Waals surface area contributed by atoms with Crippen molar-refractivity contribution in [2.75, 3.05) is 24.6 Å². The molecule has 9 heteroatoms. The number of amides is 1. The van der Waals surface area contributed by atoms with Crippen LogP contribution in [0.25, 0.3) is 0 Å². The third-order valence-electron chi connectivity index (χ3n) is 5.34. The standard InChI is InChI=1S/C22H23N5O3S/c1-2-15-16(10-23)20(27-9-8-22(30,12-27)13-28)26-21(17(15)11-24)31-18(19(25)29)14-6-4-3-5-7-14/h3-7,18,28,30H,2,8-9,12-13H2,1H3,(H2,25,29)/t18?,22-/m0/s1. The van der Waals surface area contributed by atoms with Crippen LogP contribution in [0.15, 0.2) is 35.4 Å². The number of rotatable bonds is 7. The lowest BCUT2D eigenvalue weighted by atomic mass is 10.0. The third kappa shape index (κ3) is 4.49. The molecule has 1 saturated heterocycles. The molecule has 0 spiro atoms. The van der Waals surface area contributed by atoms with E-state index in [-0.39, 0.29) is 17.7 Å². The molecular weight excluding hydrogens is 414 g/mol. The second-order valence-corrected chi connectivity index (χ2v) is 8.51. The molecule has 2 atom stereocenters. The van der Waals surface area contributed by atoms with Crippen molar-refractivity contribution in [1.29, 1.82) is 10.5 Å². The summed E-state index contributed by atoms with van der Waals surface area (Å²) in [6.07, 6.45) is 0.744. The van der Waals surface area contributed by atoms with Crippen molar-refractivity contribution < 1.29 is 15.0 Å². The van der Waals surface area contributed by atoms with Gasteiger partial charge in [0.15, 0.2) is 0 Å². The Bertz CT molecular complexity index is 1060. The van der Waals surface area contributed by atoms with Gasteiger partial charge in [0, 0.05) is 6.54 Å². The predicted octanol–water partition coefficient (Wildman–Crippen LogP) is 1.64. The van der Waals surface area contributed by atoms with E-state index in [1.807, 2.05) is 13.0 Å². The number of benzene rings is 1. The molecule has 0 radical (unpaired) electrons. The first-order valence-electron chi connectivity index (χ1n) is 9.83. The highest BCUT2D eigenvalue weighted by Crippen LogP contribution is 2.40. The predicted molar refractivity (Wildman–Crippen MR) is 116 cm³/mol. The molecule has 0 saturated carbocycles. The molecule has 1 aliphatic rings. The summed E-state index contributed by atoms with van der Waals surface area (Å²) in [4.78, 5) is 18.5. The maximum Gasteiger partial charge on any atom is 0.235 e. The molecule has 160 valence electrons. The van der Waals surface area contributed by atoms with Gasteiger partial charge in [-0.1, -0.05) is 49.0 Å². The summed E-state index contributed by atoms with van der Waals surface area (Å²) in [5, 5.41) is 39.1. The van der Waals surface area contributed by atoms with Gasteiger partial charge >= 0.3 is 0 Å². The summed E-state index contributed by atoms with van der Waals surface area (Å²) in [7, 11) is 0. The van der Waals surface area contributed by atoms with Gasteiger partial charge in [-0.3, -0.25) is 4.79 Å². The second kappa shape index (κ2) is 9.36. The van der Waals surface area contributed by atoms with Crippen LogP contribution in [-0.2, 0) is 11.2 Å². The summed E-state index contributed by atoms with van der Waals surface area (Å²) in [6, 6.07) is 13.3. The SMILES string of the molecule is CCc1c(C#N)c(SC(C(N)=O)c2ccccc2)nc(N2CC[C@@](O)(CO)C2)c1C#N. The molecule has 31 heavy (non-hydrogen) atoms. The summed E-state index contributed by atoms with van der Waals surface area (Å²) >= 11 is 1.07. The molecule has 1 aromatic carbocycles. The van der Waals surface area contributed by atoms with Crippen molar-refractivity contribution >= 4 is 23.5 Å². The van der Waals surface area contributed by atoms with Gasteiger partial charge in [0.05, 0.1) is 24.3 Å². The van der Waals surface area contributed by atoms with Gasteiger partial charge in [-0.15, -0.1) is 0 Å². The average Bonchev–Trinajstić information content (AvgIpc) is 3.19. The van der Waals surface area contributed by atoms with E-state index < -0.39 is 23.4 Å². The van der Waals surface area contributed by atoms with E-state index in [9.17, 15) is 25.5 Å². The topological polar surface area (TPSA) is 147 Å². The lowest BCUT2D eigenvalue weighted by Crippen LogP contribution is -2.37. The Hall–Kier alpha value is -3.11. The van der Waals surface area contributed by atoms with Crippen molar-refractivity contribution in [2.45, 2.75) is 35.6 Å². The number of thioether (sulfide) groups is 1. The molecule has 1 amide bonds. The molecule has 4 N–H and O–H groups in total. The summed E-state index contributed by atoms with van der Waals surface area (Å²) in [5.74, 6) is -0.233. The van der Waals surface area contributed by atoms with Gasteiger partial charge in [-0.25, -0.2) is 4.98 Å². The van der Waals surface area contributed by atoms with Crippen LogP contribution in [0.1, 0.15) is 40.8 Å². The van der Waals surface area contributed by atoms with Crippen LogP contribution in [-0.4, -0.2) is 46.4 Å². The van der Waals surface area contributed by atoms with Crippen LogP contribution in [0.3, 0.4) is 0 Å². The lowest BCUT2D eigenvalue weighted by molar-refractivity contribution is -0.117. The monoisotopic (exact) mass is 437 g/mol. The van der Waals surface area contributed by atoms with E-state index in [2.05, 4.69) is 17.1 Å². The fourth-order valence-electron chi connectivity index (χ4n) is 3.69. The van der Waals surface area contributed by atoms with E-state index in [0.717, 1.165) is 11.8 Å². The van der Waals surface area contributed by atoms with Crippen molar-refractivity contribution in [1.82, 2.24) is 4.98 Å². The zero-order valence-corrected chi connectivity index (χ0v) is 17.9. The minimum absolute atomic E-state index is 0.113. The van der Waals surface area contributed by atoms with Crippen LogP contribution < -0.4 is 10.6 Å². The molecule has 1 fully saturated rings. The third-order valence-corrected chi connectivity index (χ3v) is 6.60. The number of carbonyl (C=O) groups excluding carboxylic acids is 1. The largest absolute Gasteiger partial charge is 0.393 e. The molecule has 0 bridgehead atoms. The number of carbonyl (C=O) groups is 1. The van der Waals surface area contributed by atoms with Gasteiger partial charge in [0.25, 0.3) is 0 Å². The van der Waals surface area contributed by atoms with Gasteiger partial charge in [-0.05, 0) is 24.0 Å². The number of nitrogens with two attached hydrogens (primary N) is 1. The number of nitrogens with zero attached hydrogens (tertiary/aromatic N) is 4. The molecular formula is C22H23N5O3S. The molecule has 8 nitrogen and oxygen atoms in total. The van der Waals surface area contributed by atoms with Crippen LogP contribution in [0.2, 0.25) is 0 Å². The first-order valence-corrected chi connectivity index (χ1v) is 10.7. The van der Waals surface area contributed by atoms with Crippen LogP contribution in [0.4, 0.5) is 5.82 Å². The first-order chi connectivity index (χ1) is 14.9. The van der Waals surface area contributed by atoms with Gasteiger partial charge in [-0.2, -0.15) is 10.5 Å². The Morgan fingerprint density at radius 3 is 2.52 bits per heavy atom. The number of anilines is 1. The molecule has 3 rings (SSSR count). The maximum absolute atomic E-state index is 12.2. The van der Waals surface area contributed by atoms with Gasteiger partial charge in [0.1, 0.15) is 33.8 Å². The lowest BCUT2D eigenvalue weighted by Gasteiger charge is -2.24. The fraction of sp³-hybridized carbons (Fsp3) is 0.364. The molecule has 1 aromatic heterocycles. The van der Waals surface area contributed by atoms with Crippen LogP contribution >= 0.6 is 11.8 Å². The molecule has 2 heterocycles. The Balaban J connectivity index is 2.13. The van der Waals surface area contributed by atoms with Crippen molar-refractivity contribution in [3.63, 3.8) is 0 Å². The number of pyridine rings is 1. The number of aliphatic hydroxyl groups is 2. The van der Waals surface area contributed by atoms with Crippen molar-refractivity contribution in [3.05, 3.63) is 52.6 Å². The Labute approximate surface area is 184 Å². The van der Waals surface area contributed by atoms with E-state index in [4.69, 9.17) is 5.73 Å². The normalized spacial score (nSPS) is 18.9. The number of nitriles is 2. The maximum atomic E-state index is 12.2. The molecule has 0 aliphatic carbocycles. The quantitative estimate of drug-likeness (QED) is 0.554. The highest BCUT2D eigenvalue weighted by molar-refractivity contribution is 8.00. The second-order valence-electron chi connectivity index (χ2n) is 7.41. The highest BCUT2D eigenvalue weighted by atomic mass is 32.2. The summed E-state index contributed by atoms with van der Waals surface area (Å²) in [6.45, 7) is 1.95. The molecule has 2 aromatic rings. The first kappa shape index (κ1) is 22.6. The average molecular weight is 438 g/mol. The van der Waals surface area contributed by atoms with E-state index in [1.54, 1.807) is 29.2 Å². The summed E-state index contributed by atoms with van der Waals surface area (Å²) < 4.78 is 0. The fourth-order valence-corrected chi connectivity index (χ4v) is 4.75. The number of aliphatic hydroxyl groups excluding tert-OH is 1. The van der Waals surface area contributed by atoms with Crippen LogP contribution in [0.5, 0.6) is 0 Å². The smallest absolute Gasteiger partial charge is 0.235 e. The Morgan fingerprint density at radius 1 is 1.32 bits per heavy atom.